The highest BCUT2D eigenvalue weighted by Gasteiger charge is 2.28. The maximum absolute atomic E-state index is 11.5. The van der Waals surface area contributed by atoms with Crippen LogP contribution in [0.3, 0.4) is 0 Å². The van der Waals surface area contributed by atoms with Crippen molar-refractivity contribution in [1.29, 1.82) is 0 Å². The summed E-state index contributed by atoms with van der Waals surface area (Å²) < 4.78 is 23.1. The minimum atomic E-state index is -2.82. The predicted molar refractivity (Wildman–Crippen MR) is 118 cm³/mol. The fourth-order valence-corrected chi connectivity index (χ4v) is 4.92. The van der Waals surface area contributed by atoms with Crippen LogP contribution in [0.4, 0.5) is 0 Å². The molecular formula is C21H36N4O2S. The van der Waals surface area contributed by atoms with E-state index in [1.54, 1.807) is 0 Å². The third kappa shape index (κ3) is 6.48. The van der Waals surface area contributed by atoms with Gasteiger partial charge in [-0.3, -0.25) is 9.89 Å². The number of sulfone groups is 1. The van der Waals surface area contributed by atoms with Crippen LogP contribution in [0, 0.1) is 0 Å². The lowest BCUT2D eigenvalue weighted by atomic mass is 9.76. The summed E-state index contributed by atoms with van der Waals surface area (Å²) in [6.07, 6.45) is 2.08. The molecule has 1 aliphatic rings. The third-order valence-corrected chi connectivity index (χ3v) is 7.39. The van der Waals surface area contributed by atoms with E-state index < -0.39 is 9.84 Å². The molecule has 0 spiro atoms. The molecular weight excluding hydrogens is 372 g/mol. The summed E-state index contributed by atoms with van der Waals surface area (Å²) in [7, 11) is -2.82. The Balaban J connectivity index is 1.95. The third-order valence-electron chi connectivity index (χ3n) is 5.78. The van der Waals surface area contributed by atoms with Crippen LogP contribution in [0.1, 0.15) is 39.2 Å². The van der Waals surface area contributed by atoms with Gasteiger partial charge in [-0.15, -0.1) is 0 Å². The molecule has 1 saturated heterocycles. The van der Waals surface area contributed by atoms with Gasteiger partial charge in [-0.1, -0.05) is 44.2 Å². The van der Waals surface area contributed by atoms with Crippen LogP contribution in [-0.2, 0) is 15.3 Å². The SMILES string of the molecule is CCNC(=NCC(CC)(CC)c1ccccc1)NCCN1CCS(=O)(=O)CC1. The number of guanidine groups is 1. The lowest BCUT2D eigenvalue weighted by molar-refractivity contribution is 0.299. The van der Waals surface area contributed by atoms with Crippen molar-refractivity contribution in [3.8, 4) is 0 Å². The van der Waals surface area contributed by atoms with E-state index in [-0.39, 0.29) is 16.9 Å². The van der Waals surface area contributed by atoms with E-state index in [0.717, 1.165) is 45.0 Å². The van der Waals surface area contributed by atoms with Gasteiger partial charge in [-0.25, -0.2) is 8.42 Å². The second-order valence-corrected chi connectivity index (χ2v) is 9.77. The van der Waals surface area contributed by atoms with Crippen molar-refractivity contribution in [1.82, 2.24) is 15.5 Å². The maximum Gasteiger partial charge on any atom is 0.191 e. The van der Waals surface area contributed by atoms with Crippen molar-refractivity contribution < 1.29 is 8.42 Å². The van der Waals surface area contributed by atoms with Gasteiger partial charge in [0.25, 0.3) is 0 Å². The molecule has 1 heterocycles. The van der Waals surface area contributed by atoms with Crippen LogP contribution in [0.2, 0.25) is 0 Å². The topological polar surface area (TPSA) is 73.8 Å². The number of nitrogens with one attached hydrogen (secondary N) is 2. The Bertz CT molecular complexity index is 701. The van der Waals surface area contributed by atoms with Crippen molar-refractivity contribution in [2.45, 2.75) is 39.0 Å². The van der Waals surface area contributed by atoms with Crippen LogP contribution in [-0.4, -0.2) is 70.1 Å². The predicted octanol–water partition coefficient (Wildman–Crippen LogP) is 2.03. The lowest BCUT2D eigenvalue weighted by Crippen LogP contribution is -2.46. The first-order valence-electron chi connectivity index (χ1n) is 10.4. The molecule has 1 aromatic carbocycles. The van der Waals surface area contributed by atoms with E-state index in [1.165, 1.54) is 5.56 Å². The first-order chi connectivity index (χ1) is 13.4. The summed E-state index contributed by atoms with van der Waals surface area (Å²) in [5.74, 6) is 1.37. The molecule has 1 aliphatic heterocycles. The van der Waals surface area contributed by atoms with Crippen LogP contribution >= 0.6 is 0 Å². The highest BCUT2D eigenvalue weighted by molar-refractivity contribution is 7.91. The molecule has 0 amide bonds. The average Bonchev–Trinajstić information content (AvgIpc) is 2.71. The number of hydrogen-bond acceptors (Lipinski definition) is 4. The molecule has 0 atom stereocenters. The monoisotopic (exact) mass is 408 g/mol. The highest BCUT2D eigenvalue weighted by Crippen LogP contribution is 2.31. The Morgan fingerprint density at radius 1 is 1.07 bits per heavy atom. The summed E-state index contributed by atoms with van der Waals surface area (Å²) in [4.78, 5) is 7.09. The Kier molecular flexibility index (Phi) is 8.76. The second-order valence-electron chi connectivity index (χ2n) is 7.47. The Morgan fingerprint density at radius 3 is 2.29 bits per heavy atom. The molecule has 0 aliphatic carbocycles. The van der Waals surface area contributed by atoms with Gasteiger partial charge >= 0.3 is 0 Å². The van der Waals surface area contributed by atoms with Gasteiger partial charge < -0.3 is 10.6 Å². The fraction of sp³-hybridized carbons (Fsp3) is 0.667. The van der Waals surface area contributed by atoms with E-state index in [2.05, 4.69) is 66.6 Å². The van der Waals surface area contributed by atoms with Gasteiger partial charge in [-0.05, 0) is 25.3 Å². The van der Waals surface area contributed by atoms with Crippen molar-refractivity contribution in [2.24, 2.45) is 4.99 Å². The lowest BCUT2D eigenvalue weighted by Gasteiger charge is -2.31. The molecule has 0 unspecified atom stereocenters. The van der Waals surface area contributed by atoms with Gasteiger partial charge in [0.15, 0.2) is 15.8 Å². The standard InChI is InChI=1S/C21H36N4O2S/c1-4-21(5-2,19-10-8-7-9-11-19)18-24-20(22-6-3)23-12-13-25-14-16-28(26,27)17-15-25/h7-11H,4-6,12-18H2,1-3H3,(H2,22,23,24). The summed E-state index contributed by atoms with van der Waals surface area (Å²) in [5, 5.41) is 6.74. The van der Waals surface area contributed by atoms with Crippen molar-refractivity contribution in [3.63, 3.8) is 0 Å². The van der Waals surface area contributed by atoms with E-state index in [1.807, 2.05) is 0 Å². The van der Waals surface area contributed by atoms with Crippen LogP contribution < -0.4 is 10.6 Å². The smallest absolute Gasteiger partial charge is 0.191 e. The molecule has 1 fully saturated rings. The quantitative estimate of drug-likeness (QED) is 0.483. The molecule has 0 aromatic heterocycles. The molecule has 0 bridgehead atoms. The minimum absolute atomic E-state index is 0.0465. The number of rotatable bonds is 9. The van der Waals surface area contributed by atoms with Gasteiger partial charge in [0.2, 0.25) is 0 Å². The van der Waals surface area contributed by atoms with Crippen LogP contribution in [0.15, 0.2) is 35.3 Å². The van der Waals surface area contributed by atoms with Gasteiger partial charge in [0.05, 0.1) is 18.1 Å². The zero-order chi connectivity index (χ0) is 20.5. The van der Waals surface area contributed by atoms with E-state index >= 15 is 0 Å². The first-order valence-corrected chi connectivity index (χ1v) is 12.3. The fourth-order valence-electron chi connectivity index (χ4n) is 3.64. The number of benzene rings is 1. The van der Waals surface area contributed by atoms with Gasteiger partial charge in [0.1, 0.15) is 0 Å². The largest absolute Gasteiger partial charge is 0.357 e. The molecule has 0 saturated carbocycles. The molecule has 0 radical (unpaired) electrons. The summed E-state index contributed by atoms with van der Waals surface area (Å²) in [5.41, 5.74) is 1.39. The van der Waals surface area contributed by atoms with Crippen LogP contribution in [0.25, 0.3) is 0 Å². The normalized spacial score (nSPS) is 18.0. The molecule has 6 nitrogen and oxygen atoms in total. The summed E-state index contributed by atoms with van der Waals surface area (Å²) in [6, 6.07) is 10.7. The highest BCUT2D eigenvalue weighted by atomic mass is 32.2. The second kappa shape index (κ2) is 10.8. The minimum Gasteiger partial charge on any atom is -0.357 e. The Morgan fingerprint density at radius 2 is 1.71 bits per heavy atom. The average molecular weight is 409 g/mol. The molecule has 1 aromatic rings. The molecule has 28 heavy (non-hydrogen) atoms. The molecule has 158 valence electrons. The Labute approximate surface area is 170 Å². The maximum atomic E-state index is 11.5. The van der Waals surface area contributed by atoms with Gasteiger partial charge in [0, 0.05) is 38.1 Å². The van der Waals surface area contributed by atoms with Gasteiger partial charge in [-0.2, -0.15) is 0 Å². The number of hydrogen-bond donors (Lipinski definition) is 2. The first kappa shape index (κ1) is 22.7. The van der Waals surface area contributed by atoms with E-state index in [0.29, 0.717) is 13.1 Å². The van der Waals surface area contributed by atoms with Crippen molar-refractivity contribution in [2.75, 3.05) is 50.8 Å². The Hall–Kier alpha value is -1.60. The van der Waals surface area contributed by atoms with E-state index in [9.17, 15) is 8.42 Å². The molecule has 2 rings (SSSR count). The zero-order valence-corrected chi connectivity index (χ0v) is 18.4. The van der Waals surface area contributed by atoms with Crippen LogP contribution in [0.5, 0.6) is 0 Å². The molecule has 7 heteroatoms. The number of aliphatic imine (C=N–C) groups is 1. The van der Waals surface area contributed by atoms with Crippen molar-refractivity contribution in [3.05, 3.63) is 35.9 Å². The number of nitrogens with zero attached hydrogens (tertiary/aromatic N) is 2. The summed E-state index contributed by atoms with van der Waals surface area (Å²) >= 11 is 0. The molecule has 2 N–H and O–H groups in total. The summed E-state index contributed by atoms with van der Waals surface area (Å²) in [6.45, 7) is 10.9. The van der Waals surface area contributed by atoms with E-state index in [4.69, 9.17) is 4.99 Å². The zero-order valence-electron chi connectivity index (χ0n) is 17.6. The van der Waals surface area contributed by atoms with Crippen molar-refractivity contribution >= 4 is 15.8 Å².